The highest BCUT2D eigenvalue weighted by Crippen LogP contribution is 2.35. The number of carbonyl (C=O) groups is 1. The van der Waals surface area contributed by atoms with Gasteiger partial charge in [-0.25, -0.2) is 14.8 Å². The first-order valence-electron chi connectivity index (χ1n) is 13.7. The van der Waals surface area contributed by atoms with Gasteiger partial charge in [-0.15, -0.1) is 10.2 Å². The molecule has 4 heterocycles. The van der Waals surface area contributed by atoms with E-state index in [-0.39, 0.29) is 18.7 Å². The number of hydrogen-bond acceptors (Lipinski definition) is 11. The van der Waals surface area contributed by atoms with Gasteiger partial charge < -0.3 is 19.4 Å². The molecule has 6 rings (SSSR count). The minimum atomic E-state index is -0.720. The van der Waals surface area contributed by atoms with Crippen molar-refractivity contribution in [2.24, 2.45) is 0 Å². The number of rotatable bonds is 13. The van der Waals surface area contributed by atoms with E-state index in [0.717, 1.165) is 35.1 Å². The van der Waals surface area contributed by atoms with E-state index < -0.39 is 12.1 Å². The molecule has 224 valence electrons. The smallest absolute Gasteiger partial charge is 0.366 e. The Kier molecular flexibility index (Phi) is 8.33. The molecular formula is C28H30ClN9O5. The molecule has 0 saturated heterocycles. The Morgan fingerprint density at radius 1 is 1.19 bits per heavy atom. The summed E-state index contributed by atoms with van der Waals surface area (Å²) in [7, 11) is 1.59. The van der Waals surface area contributed by atoms with Crippen LogP contribution in [0.3, 0.4) is 0 Å². The molecule has 2 N–H and O–H groups in total. The predicted molar refractivity (Wildman–Crippen MR) is 155 cm³/mol. The molecule has 0 bridgehead atoms. The highest BCUT2D eigenvalue weighted by molar-refractivity contribution is 6.33. The van der Waals surface area contributed by atoms with Gasteiger partial charge in [0.25, 0.3) is 0 Å². The number of tetrazole rings is 1. The molecule has 1 aromatic carbocycles. The summed E-state index contributed by atoms with van der Waals surface area (Å²) >= 11 is 6.45. The van der Waals surface area contributed by atoms with E-state index in [9.17, 15) is 9.90 Å². The summed E-state index contributed by atoms with van der Waals surface area (Å²) in [5, 5.41) is 32.0. The van der Waals surface area contributed by atoms with Crippen LogP contribution in [0.25, 0.3) is 28.0 Å². The Bertz CT molecular complexity index is 1750. The van der Waals surface area contributed by atoms with Crippen molar-refractivity contribution in [2.75, 3.05) is 32.4 Å². The van der Waals surface area contributed by atoms with Crippen LogP contribution >= 0.6 is 11.6 Å². The predicted octanol–water partition coefficient (Wildman–Crippen LogP) is 3.36. The average molecular weight is 608 g/mol. The monoisotopic (exact) mass is 607 g/mol. The average Bonchev–Trinajstić information content (AvgIpc) is 3.36. The molecule has 0 amide bonds. The standard InChI is InChI=1S/C28H30ClN9O5/c1-17-9-24(29)25(11-22(17)27-32-35-38(33-27)20-3-4-20)34-43-28(40)23-13-31-37-6-5-18(10-26(23)37)19-12-30-36(14-19)15-21(39)16-42-8-7-41-2/h5-6,9-14,20-21,34,39H,3-4,7-8,15-16H2,1-2H3/t21-/m0/s1. The van der Waals surface area contributed by atoms with Crippen molar-refractivity contribution in [3.8, 4) is 22.5 Å². The third kappa shape index (κ3) is 6.51. The van der Waals surface area contributed by atoms with Crippen molar-refractivity contribution in [1.82, 2.24) is 39.6 Å². The van der Waals surface area contributed by atoms with Gasteiger partial charge in [0.1, 0.15) is 5.56 Å². The maximum atomic E-state index is 13.1. The van der Waals surface area contributed by atoms with Crippen molar-refractivity contribution >= 4 is 28.8 Å². The summed E-state index contributed by atoms with van der Waals surface area (Å²) in [4.78, 5) is 20.2. The molecule has 4 aromatic heterocycles. The third-order valence-electron chi connectivity index (χ3n) is 6.96. The normalized spacial score (nSPS) is 13.9. The number of methoxy groups -OCH3 is 1. The number of pyridine rings is 1. The van der Waals surface area contributed by atoms with Crippen LogP contribution in [0, 0.1) is 6.92 Å². The van der Waals surface area contributed by atoms with Crippen molar-refractivity contribution in [1.29, 1.82) is 0 Å². The summed E-state index contributed by atoms with van der Waals surface area (Å²) in [5.41, 5.74) is 7.06. The molecule has 0 unspecified atom stereocenters. The number of ether oxygens (including phenoxy) is 2. The lowest BCUT2D eigenvalue weighted by molar-refractivity contribution is 0.00598. The second-order valence-corrected chi connectivity index (χ2v) is 10.7. The summed E-state index contributed by atoms with van der Waals surface area (Å²) in [6, 6.07) is 7.47. The van der Waals surface area contributed by atoms with Crippen LogP contribution in [0.15, 0.2) is 49.1 Å². The second kappa shape index (κ2) is 12.5. The van der Waals surface area contributed by atoms with Gasteiger partial charge in [-0.1, -0.05) is 11.6 Å². The number of nitrogens with zero attached hydrogens (tertiary/aromatic N) is 8. The SMILES string of the molecule is COCCOC[C@@H](O)Cn1cc(-c2ccn3ncc(C(=O)ONc4cc(-c5nnn(C6CC6)n5)c(C)cc4Cl)c3c2)cn1. The number of aromatic nitrogens is 8. The number of halogens is 1. The van der Waals surface area contributed by atoms with E-state index in [4.69, 9.17) is 25.9 Å². The molecular weight excluding hydrogens is 578 g/mol. The van der Waals surface area contributed by atoms with Gasteiger partial charge in [0, 0.05) is 30.6 Å². The zero-order valence-electron chi connectivity index (χ0n) is 23.6. The number of benzene rings is 1. The van der Waals surface area contributed by atoms with E-state index in [2.05, 4.69) is 31.1 Å². The number of fused-ring (bicyclic) bond motifs is 1. The minimum Gasteiger partial charge on any atom is -0.389 e. The van der Waals surface area contributed by atoms with Gasteiger partial charge in [0.05, 0.1) is 67.1 Å². The van der Waals surface area contributed by atoms with Crippen LogP contribution in [0.5, 0.6) is 0 Å². The Hall–Kier alpha value is -4.37. The number of nitrogens with one attached hydrogen (secondary N) is 1. The fourth-order valence-corrected chi connectivity index (χ4v) is 4.76. The molecule has 1 aliphatic rings. The molecule has 1 aliphatic carbocycles. The number of hydrogen-bond donors (Lipinski definition) is 2. The van der Waals surface area contributed by atoms with Crippen LogP contribution < -0.4 is 5.48 Å². The molecule has 1 saturated carbocycles. The van der Waals surface area contributed by atoms with Gasteiger partial charge in [-0.05, 0) is 60.4 Å². The first-order chi connectivity index (χ1) is 20.9. The minimum absolute atomic E-state index is 0.174. The van der Waals surface area contributed by atoms with E-state index in [1.165, 1.54) is 6.20 Å². The largest absolute Gasteiger partial charge is 0.389 e. The van der Waals surface area contributed by atoms with Crippen molar-refractivity contribution in [3.05, 3.63) is 65.2 Å². The van der Waals surface area contributed by atoms with E-state index in [0.29, 0.717) is 41.3 Å². The lowest BCUT2D eigenvalue weighted by Crippen LogP contribution is -2.23. The molecule has 0 radical (unpaired) electrons. The van der Waals surface area contributed by atoms with Gasteiger partial charge >= 0.3 is 5.97 Å². The van der Waals surface area contributed by atoms with Crippen molar-refractivity contribution < 1.29 is 24.2 Å². The fraction of sp³-hybridized carbons (Fsp3) is 0.357. The molecule has 0 aliphatic heterocycles. The Labute approximate surface area is 251 Å². The quantitative estimate of drug-likeness (QED) is 0.149. The van der Waals surface area contributed by atoms with Crippen LogP contribution in [0.2, 0.25) is 5.02 Å². The first kappa shape index (κ1) is 28.7. The van der Waals surface area contributed by atoms with Gasteiger partial charge in [-0.2, -0.15) is 15.0 Å². The second-order valence-electron chi connectivity index (χ2n) is 10.3. The van der Waals surface area contributed by atoms with Crippen LogP contribution in [0.1, 0.15) is 34.8 Å². The van der Waals surface area contributed by atoms with Crippen LogP contribution in [0.4, 0.5) is 5.69 Å². The molecule has 1 fully saturated rings. The lowest BCUT2D eigenvalue weighted by atomic mass is 10.1. The summed E-state index contributed by atoms with van der Waals surface area (Å²) in [6.07, 6.45) is 8.06. The summed E-state index contributed by atoms with van der Waals surface area (Å²) in [5.74, 6) is -0.172. The van der Waals surface area contributed by atoms with Gasteiger partial charge in [0.15, 0.2) is 0 Å². The first-order valence-corrected chi connectivity index (χ1v) is 14.1. The topological polar surface area (TPSA) is 156 Å². The zero-order chi connectivity index (χ0) is 29.9. The Morgan fingerprint density at radius 3 is 2.86 bits per heavy atom. The molecule has 14 nitrogen and oxygen atoms in total. The van der Waals surface area contributed by atoms with Crippen LogP contribution in [-0.2, 0) is 20.9 Å². The number of carbonyl (C=O) groups excluding carboxylic acids is 1. The molecule has 5 aromatic rings. The van der Waals surface area contributed by atoms with Gasteiger partial charge in [-0.3, -0.25) is 4.68 Å². The number of anilines is 1. The van der Waals surface area contributed by atoms with Crippen LogP contribution in [-0.4, -0.2) is 83.7 Å². The maximum Gasteiger partial charge on any atom is 0.366 e. The molecule has 0 spiro atoms. The summed E-state index contributed by atoms with van der Waals surface area (Å²) in [6.45, 7) is 3.21. The fourth-order valence-electron chi connectivity index (χ4n) is 4.50. The number of aliphatic hydroxyl groups is 1. The van der Waals surface area contributed by atoms with E-state index in [1.54, 1.807) is 45.6 Å². The molecule has 15 heteroatoms. The summed E-state index contributed by atoms with van der Waals surface area (Å²) < 4.78 is 13.5. The maximum absolute atomic E-state index is 13.1. The van der Waals surface area contributed by atoms with E-state index >= 15 is 0 Å². The molecule has 1 atom stereocenters. The molecule has 43 heavy (non-hydrogen) atoms. The lowest BCUT2D eigenvalue weighted by Gasteiger charge is -2.11. The van der Waals surface area contributed by atoms with E-state index in [1.807, 2.05) is 25.3 Å². The van der Waals surface area contributed by atoms with Gasteiger partial charge in [0.2, 0.25) is 5.82 Å². The number of aliphatic hydroxyl groups excluding tert-OH is 1. The zero-order valence-corrected chi connectivity index (χ0v) is 24.3. The highest BCUT2D eigenvalue weighted by Gasteiger charge is 2.27. The number of aryl methyl sites for hydroxylation is 1. The van der Waals surface area contributed by atoms with Crippen molar-refractivity contribution in [2.45, 2.75) is 38.5 Å². The highest BCUT2D eigenvalue weighted by atomic mass is 35.5. The Balaban J connectivity index is 1.14. The van der Waals surface area contributed by atoms with Crippen molar-refractivity contribution in [3.63, 3.8) is 0 Å². The Morgan fingerprint density at radius 2 is 2.05 bits per heavy atom. The third-order valence-corrected chi connectivity index (χ3v) is 7.27.